The third kappa shape index (κ3) is 3.23. The van der Waals surface area contributed by atoms with E-state index in [-0.39, 0.29) is 12.5 Å². The standard InChI is InChI=1S/C15H13FN2OS/c1-10-6-8-20-14(10)15(19)18-13-5-4-12(16)9-11(13)3-2-7-17/h4-6,8-9H,7,17H2,1H3,(H,18,19). The lowest BCUT2D eigenvalue weighted by molar-refractivity contribution is 0.103. The molecule has 102 valence electrons. The number of hydrogen-bond acceptors (Lipinski definition) is 3. The van der Waals surface area contributed by atoms with Crippen LogP contribution in [0.5, 0.6) is 0 Å². The Balaban J connectivity index is 2.29. The highest BCUT2D eigenvalue weighted by molar-refractivity contribution is 7.12. The molecule has 0 unspecified atom stereocenters. The van der Waals surface area contributed by atoms with Crippen molar-refractivity contribution in [2.75, 3.05) is 11.9 Å². The number of carbonyl (C=O) groups is 1. The van der Waals surface area contributed by atoms with Crippen LogP contribution in [0.15, 0.2) is 29.6 Å². The van der Waals surface area contributed by atoms with Crippen molar-refractivity contribution in [3.63, 3.8) is 0 Å². The molecule has 0 radical (unpaired) electrons. The molecule has 1 aromatic carbocycles. The molecule has 3 N–H and O–H groups in total. The van der Waals surface area contributed by atoms with E-state index >= 15 is 0 Å². The molecule has 1 amide bonds. The van der Waals surface area contributed by atoms with Gasteiger partial charge in [0.05, 0.1) is 22.7 Å². The van der Waals surface area contributed by atoms with Gasteiger partial charge in [-0.2, -0.15) is 0 Å². The van der Waals surface area contributed by atoms with E-state index in [9.17, 15) is 9.18 Å². The Kier molecular flexibility index (Phi) is 4.51. The van der Waals surface area contributed by atoms with Crippen LogP contribution in [0.25, 0.3) is 0 Å². The van der Waals surface area contributed by atoms with E-state index in [1.54, 1.807) is 0 Å². The minimum Gasteiger partial charge on any atom is -0.320 e. The first-order valence-electron chi connectivity index (χ1n) is 5.95. The van der Waals surface area contributed by atoms with Crippen molar-refractivity contribution in [2.24, 2.45) is 5.73 Å². The van der Waals surface area contributed by atoms with Gasteiger partial charge >= 0.3 is 0 Å². The number of thiophene rings is 1. The molecule has 20 heavy (non-hydrogen) atoms. The summed E-state index contributed by atoms with van der Waals surface area (Å²) in [6.45, 7) is 2.04. The van der Waals surface area contributed by atoms with Gasteiger partial charge in [0.15, 0.2) is 0 Å². The molecule has 2 rings (SSSR count). The first-order valence-corrected chi connectivity index (χ1v) is 6.83. The van der Waals surface area contributed by atoms with E-state index in [2.05, 4.69) is 17.2 Å². The molecule has 0 aliphatic rings. The van der Waals surface area contributed by atoms with Gasteiger partial charge in [-0.15, -0.1) is 11.3 Å². The van der Waals surface area contributed by atoms with Crippen LogP contribution in [0, 0.1) is 24.6 Å². The number of rotatable bonds is 2. The highest BCUT2D eigenvalue weighted by Crippen LogP contribution is 2.20. The summed E-state index contributed by atoms with van der Waals surface area (Å²) in [7, 11) is 0. The maximum Gasteiger partial charge on any atom is 0.266 e. The molecule has 2 aromatic rings. The van der Waals surface area contributed by atoms with Crippen LogP contribution in [0.4, 0.5) is 10.1 Å². The number of hydrogen-bond donors (Lipinski definition) is 2. The smallest absolute Gasteiger partial charge is 0.266 e. The van der Waals surface area contributed by atoms with Gasteiger partial charge in [0.2, 0.25) is 0 Å². The molecule has 0 fully saturated rings. The van der Waals surface area contributed by atoms with E-state index in [4.69, 9.17) is 5.73 Å². The lowest BCUT2D eigenvalue weighted by atomic mass is 10.1. The lowest BCUT2D eigenvalue weighted by Gasteiger charge is -2.07. The summed E-state index contributed by atoms with van der Waals surface area (Å²) in [5, 5.41) is 4.60. The van der Waals surface area contributed by atoms with Gasteiger partial charge in [-0.05, 0) is 42.1 Å². The van der Waals surface area contributed by atoms with E-state index in [1.807, 2.05) is 18.4 Å². The van der Waals surface area contributed by atoms with Crippen molar-refractivity contribution in [1.29, 1.82) is 0 Å². The fraction of sp³-hybridized carbons (Fsp3) is 0.133. The van der Waals surface area contributed by atoms with Crippen molar-refractivity contribution >= 4 is 22.9 Å². The molecule has 1 aromatic heterocycles. The third-order valence-corrected chi connectivity index (χ3v) is 3.64. The quantitative estimate of drug-likeness (QED) is 0.835. The fourth-order valence-corrected chi connectivity index (χ4v) is 2.48. The van der Waals surface area contributed by atoms with Crippen molar-refractivity contribution in [3.05, 3.63) is 51.5 Å². The second-order valence-corrected chi connectivity index (χ2v) is 5.00. The zero-order chi connectivity index (χ0) is 14.5. The number of aryl methyl sites for hydroxylation is 1. The molecule has 0 aliphatic carbocycles. The van der Waals surface area contributed by atoms with Gasteiger partial charge in [-0.1, -0.05) is 11.8 Å². The minimum absolute atomic E-state index is 0.175. The summed E-state index contributed by atoms with van der Waals surface area (Å²) in [5.74, 6) is 4.78. The number of nitrogens with one attached hydrogen (secondary N) is 1. The molecule has 0 saturated heterocycles. The monoisotopic (exact) mass is 288 g/mol. The maximum atomic E-state index is 13.2. The molecule has 0 spiro atoms. The van der Waals surface area contributed by atoms with E-state index < -0.39 is 5.82 Å². The molecule has 5 heteroatoms. The molecule has 0 bridgehead atoms. The third-order valence-electron chi connectivity index (χ3n) is 2.62. The second-order valence-electron chi connectivity index (χ2n) is 4.08. The highest BCUT2D eigenvalue weighted by atomic mass is 32.1. The number of halogens is 1. The number of benzene rings is 1. The van der Waals surface area contributed by atoms with E-state index in [0.29, 0.717) is 16.1 Å². The molecule has 0 saturated carbocycles. The van der Waals surface area contributed by atoms with Crippen molar-refractivity contribution in [1.82, 2.24) is 0 Å². The molecule has 0 aliphatic heterocycles. The Morgan fingerprint density at radius 2 is 2.25 bits per heavy atom. The van der Waals surface area contributed by atoms with Crippen LogP contribution < -0.4 is 11.1 Å². The van der Waals surface area contributed by atoms with E-state index in [0.717, 1.165) is 5.56 Å². The Hall–Kier alpha value is -2.16. The van der Waals surface area contributed by atoms with Gasteiger partial charge in [-0.3, -0.25) is 4.79 Å². The predicted molar refractivity (Wildman–Crippen MR) is 79.3 cm³/mol. The van der Waals surface area contributed by atoms with E-state index in [1.165, 1.54) is 29.5 Å². The van der Waals surface area contributed by atoms with Gasteiger partial charge in [0, 0.05) is 0 Å². The minimum atomic E-state index is -0.406. The van der Waals surface area contributed by atoms with Gasteiger partial charge in [0.1, 0.15) is 5.82 Å². The van der Waals surface area contributed by atoms with Crippen LogP contribution in [0.1, 0.15) is 20.8 Å². The second kappa shape index (κ2) is 6.33. The Morgan fingerprint density at radius 1 is 1.45 bits per heavy atom. The fourth-order valence-electron chi connectivity index (χ4n) is 1.66. The topological polar surface area (TPSA) is 55.1 Å². The molecule has 0 atom stereocenters. The summed E-state index contributed by atoms with van der Waals surface area (Å²) in [6, 6.07) is 5.93. The first kappa shape index (κ1) is 14.3. The maximum absolute atomic E-state index is 13.2. The number of carbonyl (C=O) groups excluding carboxylic acids is 1. The van der Waals surface area contributed by atoms with Crippen LogP contribution in [-0.2, 0) is 0 Å². The average Bonchev–Trinajstić information content (AvgIpc) is 2.85. The molecule has 3 nitrogen and oxygen atoms in total. The van der Waals surface area contributed by atoms with Crippen LogP contribution in [0.3, 0.4) is 0 Å². The van der Waals surface area contributed by atoms with Crippen LogP contribution in [0.2, 0.25) is 0 Å². The summed E-state index contributed by atoms with van der Waals surface area (Å²) in [4.78, 5) is 12.8. The van der Waals surface area contributed by atoms with Crippen LogP contribution >= 0.6 is 11.3 Å². The summed E-state index contributed by atoms with van der Waals surface area (Å²) >= 11 is 1.36. The van der Waals surface area contributed by atoms with Gasteiger partial charge in [-0.25, -0.2) is 4.39 Å². The molecule has 1 heterocycles. The summed E-state index contributed by atoms with van der Waals surface area (Å²) < 4.78 is 13.2. The summed E-state index contributed by atoms with van der Waals surface area (Å²) in [5.41, 5.74) is 7.11. The van der Waals surface area contributed by atoms with Crippen molar-refractivity contribution in [3.8, 4) is 11.8 Å². The molecular formula is C15H13FN2OS. The summed E-state index contributed by atoms with van der Waals surface area (Å²) in [6.07, 6.45) is 0. The Bertz CT molecular complexity index is 697. The SMILES string of the molecule is Cc1ccsc1C(=O)Nc1ccc(F)cc1C#CCN. The largest absolute Gasteiger partial charge is 0.320 e. The van der Waals surface area contributed by atoms with Crippen molar-refractivity contribution in [2.45, 2.75) is 6.92 Å². The van der Waals surface area contributed by atoms with Gasteiger partial charge in [0.25, 0.3) is 5.91 Å². The Labute approximate surface area is 120 Å². The predicted octanol–water partition coefficient (Wildman–Crippen LogP) is 2.76. The highest BCUT2D eigenvalue weighted by Gasteiger charge is 2.12. The normalized spacial score (nSPS) is 9.75. The number of amides is 1. The number of anilines is 1. The lowest BCUT2D eigenvalue weighted by Crippen LogP contribution is -2.12. The zero-order valence-corrected chi connectivity index (χ0v) is 11.7. The van der Waals surface area contributed by atoms with Crippen LogP contribution in [-0.4, -0.2) is 12.5 Å². The first-order chi connectivity index (χ1) is 9.61. The zero-order valence-electron chi connectivity index (χ0n) is 10.9. The number of nitrogens with two attached hydrogens (primary N) is 1. The van der Waals surface area contributed by atoms with Gasteiger partial charge < -0.3 is 11.1 Å². The Morgan fingerprint density at radius 3 is 2.90 bits per heavy atom. The average molecular weight is 288 g/mol. The molecular weight excluding hydrogens is 275 g/mol. The van der Waals surface area contributed by atoms with Crippen molar-refractivity contribution < 1.29 is 9.18 Å².